The molecule has 0 radical (unpaired) electrons. The Labute approximate surface area is 257 Å². The molecule has 3 rings (SSSR count). The number of carbonyl (C=O) groups excluding carboxylic acids is 2. The zero-order valence-corrected chi connectivity index (χ0v) is 26.3. The number of unbranched alkanes of at least 4 members (excludes halogenated alkanes) is 1. The van der Waals surface area contributed by atoms with Gasteiger partial charge >= 0.3 is 0 Å². The van der Waals surface area contributed by atoms with Crippen LogP contribution in [0.25, 0.3) is 0 Å². The van der Waals surface area contributed by atoms with Crippen molar-refractivity contribution in [2.24, 2.45) is 0 Å². The van der Waals surface area contributed by atoms with Crippen LogP contribution in [0.3, 0.4) is 0 Å². The van der Waals surface area contributed by atoms with Crippen LogP contribution in [-0.2, 0) is 26.2 Å². The van der Waals surface area contributed by atoms with Crippen LogP contribution in [0.5, 0.6) is 0 Å². The van der Waals surface area contributed by atoms with Gasteiger partial charge in [-0.3, -0.25) is 13.9 Å². The second kappa shape index (κ2) is 14.9. The van der Waals surface area contributed by atoms with Gasteiger partial charge in [0.15, 0.2) is 0 Å². The second-order valence-corrected chi connectivity index (χ2v) is 12.8. The Morgan fingerprint density at radius 2 is 1.56 bits per heavy atom. The molecular weight excluding hydrogens is 605 g/mol. The first kappa shape index (κ1) is 32.7. The summed E-state index contributed by atoms with van der Waals surface area (Å²) in [6.07, 6.45) is 2.01. The van der Waals surface area contributed by atoms with Gasteiger partial charge in [-0.15, -0.1) is 0 Å². The van der Waals surface area contributed by atoms with Crippen molar-refractivity contribution in [3.63, 3.8) is 0 Å². The van der Waals surface area contributed by atoms with Gasteiger partial charge in [-0.25, -0.2) is 8.42 Å². The molecule has 0 aliphatic carbocycles. The van der Waals surface area contributed by atoms with Crippen molar-refractivity contribution in [3.8, 4) is 0 Å². The van der Waals surface area contributed by atoms with Gasteiger partial charge in [0.05, 0.1) is 20.6 Å². The molecule has 41 heavy (non-hydrogen) atoms. The van der Waals surface area contributed by atoms with E-state index in [2.05, 4.69) is 5.32 Å². The van der Waals surface area contributed by atoms with E-state index in [0.29, 0.717) is 33.6 Å². The van der Waals surface area contributed by atoms with E-state index in [0.717, 1.165) is 22.7 Å². The molecule has 0 aromatic heterocycles. The molecule has 11 heteroatoms. The molecule has 1 atom stereocenters. The van der Waals surface area contributed by atoms with Gasteiger partial charge in [-0.2, -0.15) is 0 Å². The molecule has 7 nitrogen and oxygen atoms in total. The van der Waals surface area contributed by atoms with Gasteiger partial charge in [0.1, 0.15) is 12.6 Å². The third kappa shape index (κ3) is 8.61. The number of benzene rings is 3. The maximum atomic E-state index is 14.1. The molecular formula is C30H34Cl3N3O4S. The quantitative estimate of drug-likeness (QED) is 0.207. The third-order valence-corrected chi connectivity index (χ3v) is 9.33. The summed E-state index contributed by atoms with van der Waals surface area (Å²) in [6.45, 7) is 5.63. The maximum absolute atomic E-state index is 14.1. The number of sulfonamides is 1. The topological polar surface area (TPSA) is 86.8 Å². The molecule has 0 saturated heterocycles. The average molecular weight is 639 g/mol. The van der Waals surface area contributed by atoms with Gasteiger partial charge in [-0.05, 0) is 73.9 Å². The lowest BCUT2D eigenvalue weighted by Gasteiger charge is -2.33. The number of amides is 2. The number of hydrogen-bond acceptors (Lipinski definition) is 4. The lowest BCUT2D eigenvalue weighted by molar-refractivity contribution is -0.140. The highest BCUT2D eigenvalue weighted by Gasteiger charge is 2.33. The number of hydrogen-bond donors (Lipinski definition) is 1. The fraction of sp³-hybridized carbons (Fsp3) is 0.333. The molecule has 0 fully saturated rings. The number of anilines is 1. The smallest absolute Gasteiger partial charge is 0.264 e. The van der Waals surface area contributed by atoms with Crippen molar-refractivity contribution >= 4 is 62.3 Å². The monoisotopic (exact) mass is 637 g/mol. The summed E-state index contributed by atoms with van der Waals surface area (Å²) in [5.41, 5.74) is 1.80. The predicted octanol–water partition coefficient (Wildman–Crippen LogP) is 6.87. The van der Waals surface area contributed by atoms with Gasteiger partial charge in [0.2, 0.25) is 11.8 Å². The van der Waals surface area contributed by atoms with Crippen molar-refractivity contribution in [3.05, 3.63) is 92.9 Å². The van der Waals surface area contributed by atoms with E-state index in [1.807, 2.05) is 13.8 Å². The van der Waals surface area contributed by atoms with Crippen LogP contribution in [0.2, 0.25) is 15.1 Å². The molecule has 3 aromatic carbocycles. The number of halogens is 3. The number of rotatable bonds is 13. The fourth-order valence-electron chi connectivity index (χ4n) is 4.23. The van der Waals surface area contributed by atoms with Crippen LogP contribution >= 0.6 is 34.8 Å². The highest BCUT2D eigenvalue weighted by Crippen LogP contribution is 2.27. The summed E-state index contributed by atoms with van der Waals surface area (Å²) in [5.74, 6) is -0.868. The fourth-order valence-corrected chi connectivity index (χ4v) is 6.09. The van der Waals surface area contributed by atoms with E-state index in [9.17, 15) is 18.0 Å². The zero-order chi connectivity index (χ0) is 30.2. The van der Waals surface area contributed by atoms with Crippen molar-refractivity contribution < 1.29 is 18.0 Å². The van der Waals surface area contributed by atoms with Crippen LogP contribution in [-0.4, -0.2) is 44.3 Å². The minimum atomic E-state index is -4.16. The van der Waals surface area contributed by atoms with E-state index in [1.165, 1.54) is 17.0 Å². The minimum absolute atomic E-state index is 0.0223. The first-order valence-corrected chi connectivity index (χ1v) is 15.9. The molecule has 0 heterocycles. The molecule has 1 N–H and O–H groups in total. The Bertz CT molecular complexity index is 1450. The molecule has 0 bridgehead atoms. The van der Waals surface area contributed by atoms with Gasteiger partial charge < -0.3 is 10.2 Å². The largest absolute Gasteiger partial charge is 0.354 e. The predicted molar refractivity (Wildman–Crippen MR) is 166 cm³/mol. The Balaban J connectivity index is 2.04. The van der Waals surface area contributed by atoms with E-state index < -0.39 is 28.5 Å². The molecule has 0 aliphatic rings. The Hall–Kier alpha value is -2.78. The Morgan fingerprint density at radius 3 is 2.15 bits per heavy atom. The molecule has 0 saturated carbocycles. The molecule has 0 aliphatic heterocycles. The van der Waals surface area contributed by atoms with Crippen molar-refractivity contribution in [2.45, 2.75) is 57.5 Å². The molecule has 0 unspecified atom stereocenters. The normalized spacial score (nSPS) is 12.0. The van der Waals surface area contributed by atoms with Crippen molar-refractivity contribution in [2.75, 3.05) is 17.4 Å². The summed E-state index contributed by atoms with van der Waals surface area (Å²) < 4.78 is 28.8. The minimum Gasteiger partial charge on any atom is -0.354 e. The van der Waals surface area contributed by atoms with E-state index in [1.54, 1.807) is 61.5 Å². The lowest BCUT2D eigenvalue weighted by atomic mass is 10.1. The van der Waals surface area contributed by atoms with Crippen molar-refractivity contribution in [1.82, 2.24) is 10.2 Å². The van der Waals surface area contributed by atoms with Crippen LogP contribution in [0.15, 0.2) is 71.6 Å². The summed E-state index contributed by atoms with van der Waals surface area (Å²) in [6, 6.07) is 16.7. The summed E-state index contributed by atoms with van der Waals surface area (Å²) in [7, 11) is -4.16. The van der Waals surface area contributed by atoms with Gasteiger partial charge in [0.25, 0.3) is 10.0 Å². The molecule has 0 spiro atoms. The number of nitrogens with one attached hydrogen (secondary N) is 1. The lowest BCUT2D eigenvalue weighted by Crippen LogP contribution is -2.52. The Morgan fingerprint density at radius 1 is 0.902 bits per heavy atom. The van der Waals surface area contributed by atoms with Crippen LogP contribution in [0.1, 0.15) is 44.2 Å². The first-order chi connectivity index (χ1) is 19.5. The number of carbonyl (C=O) groups is 2. The van der Waals surface area contributed by atoms with Crippen LogP contribution in [0, 0.1) is 6.92 Å². The average Bonchev–Trinajstić information content (AvgIpc) is 2.94. The standard InChI is InChI=1S/C30H34Cl3N3O4S/c1-4-6-17-34-30(38)28(5-2)35(19-22-9-16-26(32)27(33)18-22)29(37)20-36(24-12-10-23(31)11-13-24)41(39,40)25-14-7-21(3)8-15-25/h7-16,18,28H,4-6,17,19-20H2,1-3H3,(H,34,38)/t28-/m1/s1. The van der Waals surface area contributed by atoms with E-state index >= 15 is 0 Å². The van der Waals surface area contributed by atoms with E-state index in [-0.39, 0.29) is 23.0 Å². The third-order valence-electron chi connectivity index (χ3n) is 6.55. The summed E-state index contributed by atoms with van der Waals surface area (Å²) >= 11 is 18.4. The molecule has 220 valence electrons. The second-order valence-electron chi connectivity index (χ2n) is 9.64. The Kier molecular flexibility index (Phi) is 11.9. The van der Waals surface area contributed by atoms with Gasteiger partial charge in [-0.1, -0.05) is 78.8 Å². The molecule has 2 amide bonds. The summed E-state index contributed by atoms with van der Waals surface area (Å²) in [4.78, 5) is 28.8. The van der Waals surface area contributed by atoms with Crippen molar-refractivity contribution in [1.29, 1.82) is 0 Å². The van der Waals surface area contributed by atoms with Crippen LogP contribution in [0.4, 0.5) is 5.69 Å². The van der Waals surface area contributed by atoms with E-state index in [4.69, 9.17) is 34.8 Å². The molecule has 3 aromatic rings. The van der Waals surface area contributed by atoms with Gasteiger partial charge in [0, 0.05) is 18.1 Å². The highest BCUT2D eigenvalue weighted by molar-refractivity contribution is 7.92. The number of nitrogens with zero attached hydrogens (tertiary/aromatic N) is 2. The summed E-state index contributed by atoms with van der Waals surface area (Å²) in [5, 5.41) is 3.99. The van der Waals surface area contributed by atoms with Crippen LogP contribution < -0.4 is 9.62 Å². The number of aryl methyl sites for hydroxylation is 1. The first-order valence-electron chi connectivity index (χ1n) is 13.3. The SMILES string of the molecule is CCCCNC(=O)[C@@H](CC)N(Cc1ccc(Cl)c(Cl)c1)C(=O)CN(c1ccc(Cl)cc1)S(=O)(=O)c1ccc(C)cc1. The highest BCUT2D eigenvalue weighted by atomic mass is 35.5. The zero-order valence-electron chi connectivity index (χ0n) is 23.2. The maximum Gasteiger partial charge on any atom is 0.264 e.